The number of carbonyl (C=O) groups is 8. The lowest BCUT2D eigenvalue weighted by Crippen LogP contribution is -2.44. The SMILES string of the molecule is CCC(=O)N(CCNC(=O)CCCc1cn(CCCC(=O)Oc2ccc3c(c2OC(=O)c2ccccc2)-c2cccc4c2[C@@H](C3)N(C)CC4)nn1)CCN(CCSCCC(=O)O)C(=O)CCCc1cn(CCCC(=O)Oc2c(OC(=O)c3ccccc3)ccc3c2-c2cccc4c2[C@@H](C3)C(C)CC4)nn1. The van der Waals surface area contributed by atoms with Crippen LogP contribution in [-0.2, 0) is 80.4 Å². The zero-order chi connectivity index (χ0) is 73.3. The fourth-order valence-corrected chi connectivity index (χ4v) is 15.6. The number of aliphatic carboxylic acids is 1. The summed E-state index contributed by atoms with van der Waals surface area (Å²) in [4.78, 5) is 112. The first-order chi connectivity index (χ1) is 51.0. The average Bonchev–Trinajstić information content (AvgIpc) is 1.49. The lowest BCUT2D eigenvalue weighted by Gasteiger charge is -2.40. The van der Waals surface area contributed by atoms with Gasteiger partial charge in [-0.15, -0.1) is 10.2 Å². The van der Waals surface area contributed by atoms with Crippen LogP contribution < -0.4 is 24.3 Å². The molecule has 2 aromatic heterocycles. The summed E-state index contributed by atoms with van der Waals surface area (Å²) in [5.74, 6) is -0.937. The highest BCUT2D eigenvalue weighted by Gasteiger charge is 2.38. The lowest BCUT2D eigenvalue weighted by atomic mass is 9.67. The number of thioether (sulfide) groups is 1. The third kappa shape index (κ3) is 18.8. The summed E-state index contributed by atoms with van der Waals surface area (Å²) < 4.78 is 27.7. The molecule has 0 fully saturated rings. The summed E-state index contributed by atoms with van der Waals surface area (Å²) in [6.07, 6.45) is 11.4. The van der Waals surface area contributed by atoms with E-state index in [1.165, 1.54) is 34.0 Å². The molecule has 12 rings (SSSR count). The van der Waals surface area contributed by atoms with Gasteiger partial charge in [0, 0.05) is 126 Å². The Balaban J connectivity index is 0.577. The van der Waals surface area contributed by atoms with E-state index in [-0.39, 0.29) is 111 Å². The molecule has 548 valence electrons. The normalized spacial score (nSPS) is 15.2. The highest BCUT2D eigenvalue weighted by atomic mass is 32.2. The minimum atomic E-state index is -0.901. The Hall–Kier alpha value is -10.3. The number of rotatable bonds is 35. The van der Waals surface area contributed by atoms with Gasteiger partial charge in [-0.1, -0.05) is 109 Å². The fraction of sp³-hybridized carbons (Fsp3) is 0.407. The van der Waals surface area contributed by atoms with Crippen molar-refractivity contribution < 1.29 is 62.4 Å². The Labute approximate surface area is 615 Å². The van der Waals surface area contributed by atoms with Crippen LogP contribution in [0.3, 0.4) is 0 Å². The quantitative estimate of drug-likeness (QED) is 0.0212. The molecule has 1 aliphatic heterocycles. The van der Waals surface area contributed by atoms with Crippen molar-refractivity contribution in [3.63, 3.8) is 0 Å². The molecule has 105 heavy (non-hydrogen) atoms. The van der Waals surface area contributed by atoms with Crippen molar-refractivity contribution >= 4 is 59.3 Å². The van der Waals surface area contributed by atoms with E-state index in [0.29, 0.717) is 104 Å². The van der Waals surface area contributed by atoms with Gasteiger partial charge in [0.15, 0.2) is 23.0 Å². The largest absolute Gasteiger partial charge is 0.481 e. The maximum Gasteiger partial charge on any atom is 0.343 e. The number of benzene rings is 6. The number of ether oxygens (including phenoxy) is 4. The van der Waals surface area contributed by atoms with Crippen LogP contribution in [0, 0.1) is 5.92 Å². The number of carboxylic acids is 1. The van der Waals surface area contributed by atoms with Gasteiger partial charge in [0.05, 0.1) is 28.9 Å². The predicted octanol–water partition coefficient (Wildman–Crippen LogP) is 11.5. The highest BCUT2D eigenvalue weighted by Crippen LogP contribution is 2.54. The van der Waals surface area contributed by atoms with Gasteiger partial charge < -0.3 is 39.2 Å². The van der Waals surface area contributed by atoms with Gasteiger partial charge in [0.25, 0.3) is 0 Å². The molecule has 8 aromatic rings. The maximum atomic E-state index is 13.9. The van der Waals surface area contributed by atoms with Crippen molar-refractivity contribution in [1.29, 1.82) is 0 Å². The Bertz CT molecular complexity index is 4470. The first kappa shape index (κ1) is 74.4. The number of aromatic nitrogens is 6. The number of nitrogens with one attached hydrogen (secondary N) is 1. The molecule has 2 N–H and O–H groups in total. The maximum absolute atomic E-state index is 13.9. The van der Waals surface area contributed by atoms with Crippen LogP contribution in [0.15, 0.2) is 134 Å². The number of aryl methyl sites for hydroxylation is 5. The minimum absolute atomic E-state index is 0.00764. The summed E-state index contributed by atoms with van der Waals surface area (Å²) in [5, 5.41) is 29.4. The molecular formula is C81H90N10O13S. The summed E-state index contributed by atoms with van der Waals surface area (Å²) in [7, 11) is 2.13. The Morgan fingerprint density at radius 3 is 1.77 bits per heavy atom. The third-order valence-corrected chi connectivity index (χ3v) is 21.2. The third-order valence-electron chi connectivity index (χ3n) is 20.3. The van der Waals surface area contributed by atoms with E-state index in [1.807, 2.05) is 42.5 Å². The molecule has 0 saturated heterocycles. The zero-order valence-electron chi connectivity index (χ0n) is 59.8. The molecule has 6 aromatic carbocycles. The second kappa shape index (κ2) is 35.4. The molecule has 1 unspecified atom stereocenters. The molecule has 24 heteroatoms. The number of hydrogen-bond donors (Lipinski definition) is 2. The highest BCUT2D eigenvalue weighted by molar-refractivity contribution is 7.99. The van der Waals surface area contributed by atoms with Crippen molar-refractivity contribution in [2.24, 2.45) is 5.92 Å². The first-order valence-corrected chi connectivity index (χ1v) is 37.8. The Kier molecular flexibility index (Phi) is 25.1. The Morgan fingerprint density at radius 1 is 0.562 bits per heavy atom. The van der Waals surface area contributed by atoms with Gasteiger partial charge in [-0.05, 0) is 170 Å². The molecule has 4 aliphatic rings. The van der Waals surface area contributed by atoms with E-state index in [2.05, 4.69) is 63.0 Å². The van der Waals surface area contributed by atoms with E-state index < -0.39 is 29.8 Å². The molecule has 3 heterocycles. The number of fused-ring (bicyclic) bond motifs is 4. The minimum Gasteiger partial charge on any atom is -0.481 e. The summed E-state index contributed by atoms with van der Waals surface area (Å²) in [6, 6.07) is 37.5. The number of esters is 4. The van der Waals surface area contributed by atoms with Crippen LogP contribution in [0.5, 0.6) is 23.0 Å². The van der Waals surface area contributed by atoms with Crippen molar-refractivity contribution in [3.05, 3.63) is 190 Å². The second-order valence-electron chi connectivity index (χ2n) is 27.4. The number of carboxylic acid groups (broad SMARTS) is 1. The van der Waals surface area contributed by atoms with Gasteiger partial charge >= 0.3 is 29.8 Å². The van der Waals surface area contributed by atoms with Gasteiger partial charge in [-0.25, -0.2) is 9.59 Å². The molecule has 3 aliphatic carbocycles. The van der Waals surface area contributed by atoms with E-state index in [0.717, 1.165) is 72.0 Å². The van der Waals surface area contributed by atoms with Crippen molar-refractivity contribution in [1.82, 2.24) is 50.0 Å². The Morgan fingerprint density at radius 2 is 1.13 bits per heavy atom. The number of hydrogen-bond acceptors (Lipinski definition) is 18. The molecule has 0 radical (unpaired) electrons. The van der Waals surface area contributed by atoms with Crippen LogP contribution in [0.4, 0.5) is 0 Å². The van der Waals surface area contributed by atoms with Gasteiger partial charge in [0.1, 0.15) is 0 Å². The number of carbonyl (C=O) groups excluding carboxylic acids is 7. The number of likely N-dealkylation sites (N-methyl/N-ethyl adjacent to an activating group) is 1. The number of amides is 3. The molecule has 3 atom stereocenters. The van der Waals surface area contributed by atoms with Crippen molar-refractivity contribution in [2.45, 2.75) is 148 Å². The molecule has 3 amide bonds. The monoisotopic (exact) mass is 1440 g/mol. The van der Waals surface area contributed by atoms with Crippen molar-refractivity contribution in [2.75, 3.05) is 57.8 Å². The van der Waals surface area contributed by atoms with Crippen LogP contribution in [0.1, 0.15) is 162 Å². The summed E-state index contributed by atoms with van der Waals surface area (Å²) in [5.41, 5.74) is 12.7. The molecule has 0 bridgehead atoms. The summed E-state index contributed by atoms with van der Waals surface area (Å²) in [6.45, 7) is 6.99. The van der Waals surface area contributed by atoms with E-state index in [4.69, 9.17) is 18.9 Å². The van der Waals surface area contributed by atoms with E-state index >= 15 is 0 Å². The van der Waals surface area contributed by atoms with Crippen LogP contribution in [0.2, 0.25) is 0 Å². The van der Waals surface area contributed by atoms with Gasteiger partial charge in [-0.3, -0.25) is 43.0 Å². The second-order valence-corrected chi connectivity index (χ2v) is 28.7. The van der Waals surface area contributed by atoms with Crippen molar-refractivity contribution in [3.8, 4) is 45.3 Å². The van der Waals surface area contributed by atoms with Crippen LogP contribution >= 0.6 is 11.8 Å². The van der Waals surface area contributed by atoms with E-state index in [1.54, 1.807) is 99.1 Å². The van der Waals surface area contributed by atoms with Gasteiger partial charge in [0.2, 0.25) is 17.7 Å². The fourth-order valence-electron chi connectivity index (χ4n) is 14.7. The molecule has 23 nitrogen and oxygen atoms in total. The van der Waals surface area contributed by atoms with E-state index in [9.17, 15) is 43.5 Å². The lowest BCUT2D eigenvalue weighted by molar-refractivity contribution is -0.137. The first-order valence-electron chi connectivity index (χ1n) is 36.7. The molecular weight excluding hydrogens is 1350 g/mol. The molecule has 0 saturated carbocycles. The standard InChI is InChI=1S/C81H90N10O13S/c1-4-69(93)88(43-39-82-68(92)27-13-23-60-51-90(85-83-60)40-15-29-72(97)101-66-35-34-59-50-65-75-55(37-42-87(65)3)22-12-26-63(75)77(59)79(66)104-81(100)57-19-9-6-10-20-57)44-45-89(46-48-105-47-38-71(95)96)70(94)28-14-24-61-52-91(86-84-61)41-16-30-73(98)103-78-67(102-80(99)56-17-7-5-8-18-56)36-33-58-49-64-53(2)31-32-54-21-11-25-62(74(54)64)76(58)78/h5-12,17-22,25-26,33-36,51-53,64-65H,4,13-16,23-24,27-32,37-50H2,1-3H3,(H,82,92)(H,95,96)/t53?,64-,65+/m0/s1. The molecule has 0 spiro atoms. The van der Waals surface area contributed by atoms with Crippen LogP contribution in [0.25, 0.3) is 22.3 Å². The van der Waals surface area contributed by atoms with Crippen LogP contribution in [-0.4, -0.2) is 155 Å². The topological polar surface area (TPSA) is 277 Å². The summed E-state index contributed by atoms with van der Waals surface area (Å²) >= 11 is 1.44. The van der Waals surface area contributed by atoms with Gasteiger partial charge in [-0.2, -0.15) is 11.8 Å². The average molecular weight is 1440 g/mol. The smallest absolute Gasteiger partial charge is 0.343 e. The number of nitrogens with zero attached hydrogens (tertiary/aromatic N) is 9. The predicted molar refractivity (Wildman–Crippen MR) is 395 cm³/mol. The zero-order valence-corrected chi connectivity index (χ0v) is 60.6.